The number of nitrogens with one attached hydrogen (secondary N) is 2. The van der Waals surface area contributed by atoms with Crippen molar-refractivity contribution in [2.24, 2.45) is 11.8 Å². The molecule has 0 aliphatic carbocycles. The minimum atomic E-state index is 0.410. The molecule has 18 heavy (non-hydrogen) atoms. The molecule has 2 aromatic heterocycles. The highest BCUT2D eigenvalue weighted by Gasteiger charge is 2.09. The number of anilines is 2. The van der Waals surface area contributed by atoms with Crippen LogP contribution >= 0.6 is 11.3 Å². The lowest BCUT2D eigenvalue weighted by Gasteiger charge is -2.13. The second-order valence-corrected chi connectivity index (χ2v) is 5.02. The highest BCUT2D eigenvalue weighted by Crippen LogP contribution is 2.26. The van der Waals surface area contributed by atoms with Crippen LogP contribution in [0.1, 0.15) is 6.92 Å². The fourth-order valence-corrected chi connectivity index (χ4v) is 2.43. The molecule has 2 aromatic rings. The van der Waals surface area contributed by atoms with Gasteiger partial charge in [0, 0.05) is 13.7 Å². The Balaban J connectivity index is 2.18. The van der Waals surface area contributed by atoms with Crippen LogP contribution < -0.4 is 16.6 Å². The van der Waals surface area contributed by atoms with E-state index < -0.39 is 0 Å². The summed E-state index contributed by atoms with van der Waals surface area (Å²) in [4.78, 5) is 9.53. The number of hydrogen-bond donors (Lipinski definition) is 3. The molecule has 0 radical (unpaired) electrons. The van der Waals surface area contributed by atoms with Gasteiger partial charge in [0.15, 0.2) is 0 Å². The molecule has 2 rings (SSSR count). The molecule has 0 saturated heterocycles. The van der Waals surface area contributed by atoms with E-state index in [2.05, 4.69) is 27.6 Å². The molecule has 0 aliphatic rings. The molecule has 0 amide bonds. The third-order valence-corrected chi connectivity index (χ3v) is 3.33. The van der Waals surface area contributed by atoms with Crippen molar-refractivity contribution in [3.8, 4) is 0 Å². The average molecular weight is 267 g/mol. The first kappa shape index (κ1) is 13.0. The second kappa shape index (κ2) is 5.94. The maximum atomic E-state index is 5.36. The number of ether oxygens (including phenoxy) is 1. The fourth-order valence-electron chi connectivity index (χ4n) is 1.67. The van der Waals surface area contributed by atoms with Crippen LogP contribution in [-0.2, 0) is 4.74 Å². The van der Waals surface area contributed by atoms with Gasteiger partial charge in [-0.1, -0.05) is 6.92 Å². The number of nitrogens with zero attached hydrogens (tertiary/aromatic N) is 2. The SMILES string of the molecule is COCC(C)CNc1nc(NN)nc2sccc12. The van der Waals surface area contributed by atoms with E-state index in [9.17, 15) is 0 Å². The van der Waals surface area contributed by atoms with Gasteiger partial charge in [0.25, 0.3) is 0 Å². The Labute approximate surface area is 110 Å². The molecule has 0 spiro atoms. The van der Waals surface area contributed by atoms with Crippen LogP contribution in [0.3, 0.4) is 0 Å². The van der Waals surface area contributed by atoms with Crippen LogP contribution in [0, 0.1) is 5.92 Å². The van der Waals surface area contributed by atoms with Gasteiger partial charge in [0.05, 0.1) is 12.0 Å². The summed E-state index contributed by atoms with van der Waals surface area (Å²) in [6.07, 6.45) is 0. The lowest BCUT2D eigenvalue weighted by Crippen LogP contribution is -2.17. The van der Waals surface area contributed by atoms with Gasteiger partial charge < -0.3 is 10.1 Å². The van der Waals surface area contributed by atoms with Crippen LogP contribution in [0.2, 0.25) is 0 Å². The number of rotatable bonds is 6. The van der Waals surface area contributed by atoms with Gasteiger partial charge in [-0.25, -0.2) is 10.8 Å². The third kappa shape index (κ3) is 2.87. The van der Waals surface area contributed by atoms with Crippen molar-refractivity contribution >= 4 is 33.3 Å². The van der Waals surface area contributed by atoms with Gasteiger partial charge in [-0.05, 0) is 17.4 Å². The number of nitrogens with two attached hydrogens (primary N) is 1. The summed E-state index contributed by atoms with van der Waals surface area (Å²) in [6.45, 7) is 3.62. The topological polar surface area (TPSA) is 85.1 Å². The Hall–Kier alpha value is -1.44. The number of nitrogen functional groups attached to an aromatic ring is 1. The van der Waals surface area contributed by atoms with E-state index >= 15 is 0 Å². The number of methoxy groups -OCH3 is 1. The minimum absolute atomic E-state index is 0.410. The van der Waals surface area contributed by atoms with Gasteiger partial charge in [0.2, 0.25) is 5.95 Å². The monoisotopic (exact) mass is 267 g/mol. The number of hydrazine groups is 1. The Morgan fingerprint density at radius 1 is 1.50 bits per heavy atom. The van der Waals surface area contributed by atoms with Crippen LogP contribution in [0.4, 0.5) is 11.8 Å². The average Bonchev–Trinajstić information content (AvgIpc) is 2.84. The molecule has 6 nitrogen and oxygen atoms in total. The molecule has 2 heterocycles. The molecule has 4 N–H and O–H groups in total. The van der Waals surface area contributed by atoms with E-state index in [1.54, 1.807) is 18.4 Å². The molecular formula is C11H17N5OS. The van der Waals surface area contributed by atoms with Crippen LogP contribution in [0.5, 0.6) is 0 Å². The van der Waals surface area contributed by atoms with Gasteiger partial charge in [-0.2, -0.15) is 4.98 Å². The number of fused-ring (bicyclic) bond motifs is 1. The van der Waals surface area contributed by atoms with Crippen molar-refractivity contribution in [1.29, 1.82) is 0 Å². The lowest BCUT2D eigenvalue weighted by atomic mass is 10.2. The predicted octanol–water partition coefficient (Wildman–Crippen LogP) is 1.67. The van der Waals surface area contributed by atoms with Crippen molar-refractivity contribution in [3.63, 3.8) is 0 Å². The second-order valence-electron chi connectivity index (χ2n) is 4.12. The number of thiophene rings is 1. The zero-order valence-electron chi connectivity index (χ0n) is 10.4. The van der Waals surface area contributed by atoms with E-state index in [1.807, 2.05) is 11.4 Å². The molecule has 1 atom stereocenters. The predicted molar refractivity (Wildman–Crippen MR) is 74.8 cm³/mol. The summed E-state index contributed by atoms with van der Waals surface area (Å²) < 4.78 is 5.11. The first-order valence-corrected chi connectivity index (χ1v) is 6.57. The smallest absolute Gasteiger partial charge is 0.240 e. The van der Waals surface area contributed by atoms with Crippen LogP contribution in [0.25, 0.3) is 10.2 Å². The molecule has 1 unspecified atom stereocenters. The van der Waals surface area contributed by atoms with Crippen molar-refractivity contribution in [2.45, 2.75) is 6.92 Å². The Morgan fingerprint density at radius 3 is 3.06 bits per heavy atom. The molecule has 0 fully saturated rings. The zero-order chi connectivity index (χ0) is 13.0. The first-order chi connectivity index (χ1) is 8.74. The normalized spacial score (nSPS) is 12.6. The maximum Gasteiger partial charge on any atom is 0.240 e. The summed E-state index contributed by atoms with van der Waals surface area (Å²) in [7, 11) is 1.70. The van der Waals surface area contributed by atoms with Gasteiger partial charge in [0.1, 0.15) is 10.6 Å². The van der Waals surface area contributed by atoms with Gasteiger partial charge >= 0.3 is 0 Å². The van der Waals surface area contributed by atoms with E-state index in [1.165, 1.54) is 0 Å². The standard InChI is InChI=1S/C11H17N5OS/c1-7(6-17-2)5-13-9-8-3-4-18-10(8)15-11(14-9)16-12/h3-4,7H,5-6,12H2,1-2H3,(H2,13,14,15,16). The van der Waals surface area contributed by atoms with Crippen LogP contribution in [-0.4, -0.2) is 30.2 Å². The molecule has 98 valence electrons. The van der Waals surface area contributed by atoms with Crippen LogP contribution in [0.15, 0.2) is 11.4 Å². The first-order valence-electron chi connectivity index (χ1n) is 5.69. The Morgan fingerprint density at radius 2 is 2.33 bits per heavy atom. The largest absolute Gasteiger partial charge is 0.384 e. The zero-order valence-corrected chi connectivity index (χ0v) is 11.3. The van der Waals surface area contributed by atoms with Gasteiger partial charge in [-0.15, -0.1) is 11.3 Å². The van der Waals surface area contributed by atoms with E-state index in [4.69, 9.17) is 10.6 Å². The summed E-state index contributed by atoms with van der Waals surface area (Å²) in [5.74, 6) is 7.00. The number of aromatic nitrogens is 2. The minimum Gasteiger partial charge on any atom is -0.384 e. The van der Waals surface area contributed by atoms with Crippen molar-refractivity contribution in [1.82, 2.24) is 9.97 Å². The quantitative estimate of drug-likeness (QED) is 0.545. The van der Waals surface area contributed by atoms with E-state index in [0.29, 0.717) is 18.5 Å². The maximum absolute atomic E-state index is 5.36. The highest BCUT2D eigenvalue weighted by molar-refractivity contribution is 7.16. The third-order valence-electron chi connectivity index (χ3n) is 2.52. The molecular weight excluding hydrogens is 250 g/mol. The van der Waals surface area contributed by atoms with Crippen molar-refractivity contribution in [3.05, 3.63) is 11.4 Å². The van der Waals surface area contributed by atoms with Crippen molar-refractivity contribution < 1.29 is 4.74 Å². The fraction of sp³-hybridized carbons (Fsp3) is 0.455. The summed E-state index contributed by atoms with van der Waals surface area (Å²) in [5, 5.41) is 6.32. The molecule has 7 heteroatoms. The van der Waals surface area contributed by atoms with Crippen molar-refractivity contribution in [2.75, 3.05) is 31.0 Å². The summed E-state index contributed by atoms with van der Waals surface area (Å²) >= 11 is 1.56. The molecule has 0 bridgehead atoms. The highest BCUT2D eigenvalue weighted by atomic mass is 32.1. The Kier molecular flexibility index (Phi) is 4.29. The molecule has 0 saturated carbocycles. The van der Waals surface area contributed by atoms with E-state index in [-0.39, 0.29) is 0 Å². The van der Waals surface area contributed by atoms with Gasteiger partial charge in [-0.3, -0.25) is 5.43 Å². The molecule has 0 aromatic carbocycles. The number of hydrogen-bond acceptors (Lipinski definition) is 7. The molecule has 0 aliphatic heterocycles. The lowest BCUT2D eigenvalue weighted by molar-refractivity contribution is 0.164. The summed E-state index contributed by atoms with van der Waals surface area (Å²) in [5.41, 5.74) is 2.48. The van der Waals surface area contributed by atoms with E-state index in [0.717, 1.165) is 22.6 Å². The Bertz CT molecular complexity index is 515. The summed E-state index contributed by atoms with van der Waals surface area (Å²) in [6, 6.07) is 2.00.